The Morgan fingerprint density at radius 3 is 2.19 bits per heavy atom. The monoisotopic (exact) mass is 349 g/mol. The quantitative estimate of drug-likeness (QED) is 0.833. The molecule has 1 heterocycles. The van der Waals surface area contributed by atoms with Crippen LogP contribution >= 0.6 is 15.9 Å². The number of pyridine rings is 1. The van der Waals surface area contributed by atoms with Gasteiger partial charge in [0.15, 0.2) is 0 Å². The molecule has 0 unspecified atom stereocenters. The molecule has 0 aliphatic carbocycles. The van der Waals surface area contributed by atoms with Gasteiger partial charge in [0.05, 0.1) is 12.7 Å². The number of benzene rings is 1. The molecule has 2 amide bonds. The summed E-state index contributed by atoms with van der Waals surface area (Å²) in [6.45, 7) is 0. The topological polar surface area (TPSA) is 80.3 Å². The Bertz CT molecular complexity index is 642. The molecule has 0 saturated heterocycles. The van der Waals surface area contributed by atoms with Crippen molar-refractivity contribution in [2.45, 2.75) is 0 Å². The first-order chi connectivity index (χ1) is 10.1. The van der Waals surface area contributed by atoms with Gasteiger partial charge in [0, 0.05) is 17.6 Å². The molecule has 2 rings (SSSR count). The number of rotatable bonds is 3. The number of aromatic nitrogens is 1. The number of ether oxygens (including phenoxy) is 1. The van der Waals surface area contributed by atoms with E-state index in [9.17, 15) is 9.59 Å². The van der Waals surface area contributed by atoms with Crippen LogP contribution in [0.5, 0.6) is 0 Å². The lowest BCUT2D eigenvalue weighted by atomic mass is 10.2. The Kier molecular flexibility index (Phi) is 4.89. The van der Waals surface area contributed by atoms with Crippen molar-refractivity contribution in [2.24, 2.45) is 0 Å². The highest BCUT2D eigenvalue weighted by Crippen LogP contribution is 2.15. The highest BCUT2D eigenvalue weighted by atomic mass is 79.9. The summed E-state index contributed by atoms with van der Waals surface area (Å²) in [5, 5.41) is 5.25. The maximum atomic E-state index is 12.0. The number of halogens is 1. The average Bonchev–Trinajstić information content (AvgIpc) is 2.49. The van der Waals surface area contributed by atoms with Crippen LogP contribution in [-0.4, -0.2) is 24.1 Å². The molecule has 0 fully saturated rings. The second kappa shape index (κ2) is 6.85. The fourth-order valence-electron chi connectivity index (χ4n) is 1.52. The largest absolute Gasteiger partial charge is 0.453 e. The lowest BCUT2D eigenvalue weighted by molar-refractivity contribution is 0.102. The van der Waals surface area contributed by atoms with Gasteiger partial charge in [-0.05, 0) is 52.3 Å². The van der Waals surface area contributed by atoms with Gasteiger partial charge in [0.25, 0.3) is 5.91 Å². The van der Waals surface area contributed by atoms with Gasteiger partial charge in [0.1, 0.15) is 4.60 Å². The zero-order valence-electron chi connectivity index (χ0n) is 11.1. The molecule has 0 spiro atoms. The smallest absolute Gasteiger partial charge is 0.411 e. The van der Waals surface area contributed by atoms with Gasteiger partial charge in [-0.3, -0.25) is 10.1 Å². The van der Waals surface area contributed by atoms with E-state index in [0.29, 0.717) is 21.5 Å². The van der Waals surface area contributed by atoms with Gasteiger partial charge in [-0.25, -0.2) is 9.78 Å². The van der Waals surface area contributed by atoms with Crippen molar-refractivity contribution in [1.29, 1.82) is 0 Å². The molecule has 0 atom stereocenters. The van der Waals surface area contributed by atoms with E-state index in [1.807, 2.05) is 0 Å². The van der Waals surface area contributed by atoms with Crippen molar-refractivity contribution in [3.8, 4) is 0 Å². The molecule has 1 aromatic carbocycles. The Balaban J connectivity index is 2.01. The summed E-state index contributed by atoms with van der Waals surface area (Å²) in [6.07, 6.45) is 0.930. The minimum absolute atomic E-state index is 0.260. The summed E-state index contributed by atoms with van der Waals surface area (Å²) in [4.78, 5) is 27.0. The first kappa shape index (κ1) is 15.0. The zero-order chi connectivity index (χ0) is 15.2. The Hall–Kier alpha value is -2.41. The number of hydrogen-bond acceptors (Lipinski definition) is 4. The van der Waals surface area contributed by atoms with E-state index in [1.54, 1.807) is 36.4 Å². The van der Waals surface area contributed by atoms with Crippen LogP contribution in [0.2, 0.25) is 0 Å². The van der Waals surface area contributed by atoms with Gasteiger partial charge >= 0.3 is 6.09 Å². The van der Waals surface area contributed by atoms with Crippen LogP contribution in [0, 0.1) is 0 Å². The molecule has 7 heteroatoms. The van der Waals surface area contributed by atoms with Crippen molar-refractivity contribution in [3.05, 3.63) is 52.8 Å². The molecule has 0 aliphatic heterocycles. The van der Waals surface area contributed by atoms with E-state index in [1.165, 1.54) is 13.3 Å². The Morgan fingerprint density at radius 1 is 1.05 bits per heavy atom. The molecule has 2 N–H and O–H groups in total. The Labute approximate surface area is 129 Å². The fourth-order valence-corrected chi connectivity index (χ4v) is 1.75. The normalized spacial score (nSPS) is 9.81. The molecule has 0 saturated carbocycles. The lowest BCUT2D eigenvalue weighted by Crippen LogP contribution is -2.13. The van der Waals surface area contributed by atoms with Crippen LogP contribution < -0.4 is 10.6 Å². The van der Waals surface area contributed by atoms with E-state index in [4.69, 9.17) is 0 Å². The third kappa shape index (κ3) is 4.28. The summed E-state index contributed by atoms with van der Waals surface area (Å²) < 4.78 is 5.15. The highest BCUT2D eigenvalue weighted by molar-refractivity contribution is 9.10. The average molecular weight is 350 g/mol. The van der Waals surface area contributed by atoms with E-state index in [2.05, 4.69) is 36.3 Å². The first-order valence-corrected chi connectivity index (χ1v) is 6.76. The Morgan fingerprint density at radius 2 is 1.67 bits per heavy atom. The number of carbonyl (C=O) groups excluding carboxylic acids is 2. The van der Waals surface area contributed by atoms with Crippen molar-refractivity contribution < 1.29 is 14.3 Å². The number of methoxy groups -OCH3 is 1. The molecule has 6 nitrogen and oxygen atoms in total. The molecule has 0 radical (unpaired) electrons. The predicted molar refractivity (Wildman–Crippen MR) is 82.4 cm³/mol. The van der Waals surface area contributed by atoms with E-state index >= 15 is 0 Å². The van der Waals surface area contributed by atoms with Crippen LogP contribution in [0.3, 0.4) is 0 Å². The maximum Gasteiger partial charge on any atom is 0.411 e. The van der Waals surface area contributed by atoms with Gasteiger partial charge < -0.3 is 10.1 Å². The zero-order valence-corrected chi connectivity index (χ0v) is 12.7. The summed E-state index contributed by atoms with van der Waals surface area (Å²) in [5.41, 5.74) is 1.64. The predicted octanol–water partition coefficient (Wildman–Crippen LogP) is 3.27. The fraction of sp³-hybridized carbons (Fsp3) is 0.0714. The van der Waals surface area contributed by atoms with E-state index in [0.717, 1.165) is 0 Å². The second-order valence-corrected chi connectivity index (χ2v) is 4.83. The molecule has 21 heavy (non-hydrogen) atoms. The van der Waals surface area contributed by atoms with E-state index < -0.39 is 6.09 Å². The highest BCUT2D eigenvalue weighted by Gasteiger charge is 2.07. The SMILES string of the molecule is COC(=O)Nc1ccc(NC(=O)c2ccc(Br)nc2)cc1. The molecular weight excluding hydrogens is 338 g/mol. The summed E-state index contributed by atoms with van der Waals surface area (Å²) in [6, 6.07) is 10.0. The van der Waals surface area contributed by atoms with Crippen LogP contribution in [0.4, 0.5) is 16.2 Å². The molecule has 108 valence electrons. The summed E-state index contributed by atoms with van der Waals surface area (Å²) in [5.74, 6) is -0.260. The number of anilines is 2. The van der Waals surface area contributed by atoms with Crippen molar-refractivity contribution >= 4 is 39.3 Å². The third-order valence-electron chi connectivity index (χ3n) is 2.56. The van der Waals surface area contributed by atoms with Gasteiger partial charge in [0.2, 0.25) is 0 Å². The first-order valence-electron chi connectivity index (χ1n) is 5.96. The lowest BCUT2D eigenvalue weighted by Gasteiger charge is -2.07. The van der Waals surface area contributed by atoms with Gasteiger partial charge in [-0.1, -0.05) is 0 Å². The van der Waals surface area contributed by atoms with Crippen LogP contribution in [0.25, 0.3) is 0 Å². The minimum atomic E-state index is -0.548. The van der Waals surface area contributed by atoms with Crippen molar-refractivity contribution in [1.82, 2.24) is 4.98 Å². The number of carbonyl (C=O) groups is 2. The number of nitrogens with zero attached hydrogens (tertiary/aromatic N) is 1. The summed E-state index contributed by atoms with van der Waals surface area (Å²) >= 11 is 3.21. The second-order valence-electron chi connectivity index (χ2n) is 4.02. The molecule has 1 aromatic heterocycles. The van der Waals surface area contributed by atoms with Crippen LogP contribution in [0.1, 0.15) is 10.4 Å². The molecule has 0 aliphatic rings. The number of nitrogens with one attached hydrogen (secondary N) is 2. The van der Waals surface area contributed by atoms with Crippen molar-refractivity contribution in [3.63, 3.8) is 0 Å². The molecular formula is C14H12BrN3O3. The number of hydrogen-bond donors (Lipinski definition) is 2. The standard InChI is InChI=1S/C14H12BrN3O3/c1-21-14(20)18-11-5-3-10(4-6-11)17-13(19)9-2-7-12(15)16-8-9/h2-8H,1H3,(H,17,19)(H,18,20). The molecule has 0 bridgehead atoms. The number of amides is 2. The third-order valence-corrected chi connectivity index (χ3v) is 3.03. The van der Waals surface area contributed by atoms with Crippen molar-refractivity contribution in [2.75, 3.05) is 17.7 Å². The maximum absolute atomic E-state index is 12.0. The van der Waals surface area contributed by atoms with E-state index in [-0.39, 0.29) is 5.91 Å². The van der Waals surface area contributed by atoms with Crippen LogP contribution in [0.15, 0.2) is 47.2 Å². The molecule has 2 aromatic rings. The minimum Gasteiger partial charge on any atom is -0.453 e. The van der Waals surface area contributed by atoms with Gasteiger partial charge in [-0.15, -0.1) is 0 Å². The van der Waals surface area contributed by atoms with Gasteiger partial charge in [-0.2, -0.15) is 0 Å². The summed E-state index contributed by atoms with van der Waals surface area (Å²) in [7, 11) is 1.29. The van der Waals surface area contributed by atoms with Crippen LogP contribution in [-0.2, 0) is 4.74 Å².